The first-order chi connectivity index (χ1) is 11.0. The van der Waals surface area contributed by atoms with Gasteiger partial charge in [-0.1, -0.05) is 19.9 Å². The van der Waals surface area contributed by atoms with Crippen LogP contribution < -0.4 is 10.9 Å². The summed E-state index contributed by atoms with van der Waals surface area (Å²) in [5.74, 6) is 0.563. The van der Waals surface area contributed by atoms with E-state index in [2.05, 4.69) is 5.32 Å². The lowest BCUT2D eigenvalue weighted by molar-refractivity contribution is 0.0893. The summed E-state index contributed by atoms with van der Waals surface area (Å²) in [6.45, 7) is 4.51. The molecule has 1 atom stereocenters. The van der Waals surface area contributed by atoms with E-state index in [1.165, 1.54) is 10.6 Å². The van der Waals surface area contributed by atoms with Gasteiger partial charge in [-0.05, 0) is 30.5 Å². The first kappa shape index (κ1) is 17.0. The summed E-state index contributed by atoms with van der Waals surface area (Å²) in [6.07, 6.45) is 1.72. The number of rotatable bonds is 7. The molecular formula is C17H22N2O4. The lowest BCUT2D eigenvalue weighted by Crippen LogP contribution is -2.28. The van der Waals surface area contributed by atoms with Crippen LogP contribution in [0.15, 0.2) is 45.7 Å². The van der Waals surface area contributed by atoms with Crippen LogP contribution in [0, 0.1) is 5.92 Å². The number of carbonyl (C=O) groups is 1. The molecular weight excluding hydrogens is 296 g/mol. The molecule has 1 amide bonds. The van der Waals surface area contributed by atoms with Crippen molar-refractivity contribution in [3.8, 4) is 0 Å². The van der Waals surface area contributed by atoms with Crippen LogP contribution in [0.2, 0.25) is 0 Å². The number of hydrogen-bond acceptors (Lipinski definition) is 4. The number of amides is 1. The lowest BCUT2D eigenvalue weighted by Gasteiger charge is -2.13. The molecule has 0 fully saturated rings. The van der Waals surface area contributed by atoms with Gasteiger partial charge in [0.2, 0.25) is 0 Å². The average Bonchev–Trinajstić information content (AvgIpc) is 2.98. The van der Waals surface area contributed by atoms with E-state index in [0.717, 1.165) is 0 Å². The summed E-state index contributed by atoms with van der Waals surface area (Å²) < 4.78 is 6.97. The normalized spacial score (nSPS) is 12.3. The number of nitrogens with one attached hydrogen (secondary N) is 1. The van der Waals surface area contributed by atoms with E-state index in [1.54, 1.807) is 30.5 Å². The summed E-state index contributed by atoms with van der Waals surface area (Å²) in [4.78, 5) is 23.6. The van der Waals surface area contributed by atoms with E-state index in [-0.39, 0.29) is 29.7 Å². The molecule has 2 aromatic heterocycles. The average molecular weight is 318 g/mol. The second-order valence-corrected chi connectivity index (χ2v) is 5.79. The van der Waals surface area contributed by atoms with Crippen LogP contribution in [0.5, 0.6) is 0 Å². The number of hydrogen-bond donors (Lipinski definition) is 2. The molecule has 2 N–H and O–H groups in total. The number of aliphatic hydroxyl groups is 1. The molecule has 0 radical (unpaired) electrons. The van der Waals surface area contributed by atoms with Crippen molar-refractivity contribution in [3.05, 3.63) is 58.4 Å². The fourth-order valence-corrected chi connectivity index (χ4v) is 2.10. The minimum atomic E-state index is -0.438. The molecule has 1 unspecified atom stereocenters. The summed E-state index contributed by atoms with van der Waals surface area (Å²) in [5, 5.41) is 12.4. The molecule has 0 aromatic carbocycles. The zero-order chi connectivity index (χ0) is 16.8. The molecule has 0 aliphatic rings. The van der Waals surface area contributed by atoms with Gasteiger partial charge in [0.25, 0.3) is 11.5 Å². The van der Waals surface area contributed by atoms with Crippen molar-refractivity contribution in [2.45, 2.75) is 32.9 Å². The quantitative estimate of drug-likeness (QED) is 0.812. The van der Waals surface area contributed by atoms with Crippen LogP contribution >= 0.6 is 0 Å². The Morgan fingerprint density at radius 1 is 1.30 bits per heavy atom. The maximum Gasteiger partial charge on any atom is 0.286 e. The molecule has 0 bridgehead atoms. The molecule has 23 heavy (non-hydrogen) atoms. The standard InChI is InChI=1S/C17H22N2O4/c1-12(2)14(20)8-9-18-17(22)15-7-6-13(23-15)11-19-10-4-3-5-16(19)21/h3-7,10,12,14,20H,8-9,11H2,1-2H3,(H,18,22). The lowest BCUT2D eigenvalue weighted by atomic mass is 10.0. The first-order valence-corrected chi connectivity index (χ1v) is 7.68. The predicted octanol–water partition coefficient (Wildman–Crippen LogP) is 1.63. The SMILES string of the molecule is CC(C)C(O)CCNC(=O)c1ccc(Cn2ccccc2=O)o1. The van der Waals surface area contributed by atoms with Gasteiger partial charge in [-0.2, -0.15) is 0 Å². The van der Waals surface area contributed by atoms with Gasteiger partial charge in [0.15, 0.2) is 5.76 Å². The van der Waals surface area contributed by atoms with Gasteiger partial charge >= 0.3 is 0 Å². The maximum atomic E-state index is 12.0. The van der Waals surface area contributed by atoms with Crippen molar-refractivity contribution < 1.29 is 14.3 Å². The third-order valence-electron chi connectivity index (χ3n) is 3.61. The predicted molar refractivity (Wildman–Crippen MR) is 86.3 cm³/mol. The minimum Gasteiger partial charge on any atom is -0.454 e. The molecule has 0 spiro atoms. The Kier molecular flexibility index (Phi) is 5.76. The zero-order valence-corrected chi connectivity index (χ0v) is 13.4. The molecule has 6 nitrogen and oxygen atoms in total. The highest BCUT2D eigenvalue weighted by molar-refractivity contribution is 5.91. The van der Waals surface area contributed by atoms with E-state index in [9.17, 15) is 14.7 Å². The molecule has 124 valence electrons. The highest BCUT2D eigenvalue weighted by atomic mass is 16.4. The van der Waals surface area contributed by atoms with Crippen molar-refractivity contribution in [2.75, 3.05) is 6.54 Å². The molecule has 2 heterocycles. The largest absolute Gasteiger partial charge is 0.454 e. The van der Waals surface area contributed by atoms with Crippen molar-refractivity contribution >= 4 is 5.91 Å². The van der Waals surface area contributed by atoms with Crippen molar-refractivity contribution in [1.82, 2.24) is 9.88 Å². The van der Waals surface area contributed by atoms with Gasteiger partial charge in [0, 0.05) is 18.8 Å². The fourth-order valence-electron chi connectivity index (χ4n) is 2.10. The van der Waals surface area contributed by atoms with Gasteiger partial charge in [0.05, 0.1) is 12.6 Å². The third-order valence-corrected chi connectivity index (χ3v) is 3.61. The van der Waals surface area contributed by atoms with E-state index >= 15 is 0 Å². The number of furan rings is 1. The van der Waals surface area contributed by atoms with Gasteiger partial charge in [0.1, 0.15) is 5.76 Å². The van der Waals surface area contributed by atoms with Crippen LogP contribution in [0.3, 0.4) is 0 Å². The van der Waals surface area contributed by atoms with Gasteiger partial charge in [-0.3, -0.25) is 9.59 Å². The van der Waals surface area contributed by atoms with Crippen LogP contribution in [0.4, 0.5) is 0 Å². The Bertz CT molecular complexity index is 702. The van der Waals surface area contributed by atoms with Crippen LogP contribution in [0.25, 0.3) is 0 Å². The molecule has 0 aliphatic heterocycles. The molecule has 0 saturated carbocycles. The van der Waals surface area contributed by atoms with Crippen LogP contribution in [0.1, 0.15) is 36.6 Å². The van der Waals surface area contributed by atoms with Crippen LogP contribution in [-0.4, -0.2) is 28.2 Å². The highest BCUT2D eigenvalue weighted by Gasteiger charge is 2.13. The Hall–Kier alpha value is -2.34. The summed E-state index contributed by atoms with van der Waals surface area (Å²) in [5.41, 5.74) is -0.127. The van der Waals surface area contributed by atoms with E-state index in [4.69, 9.17) is 4.42 Å². The Morgan fingerprint density at radius 3 is 2.78 bits per heavy atom. The van der Waals surface area contributed by atoms with E-state index in [1.807, 2.05) is 13.8 Å². The summed E-state index contributed by atoms with van der Waals surface area (Å²) in [6, 6.07) is 8.16. The van der Waals surface area contributed by atoms with Gasteiger partial charge in [-0.25, -0.2) is 0 Å². The topological polar surface area (TPSA) is 84.5 Å². The van der Waals surface area contributed by atoms with Gasteiger partial charge in [-0.15, -0.1) is 0 Å². The van der Waals surface area contributed by atoms with Crippen molar-refractivity contribution in [1.29, 1.82) is 0 Å². The second-order valence-electron chi connectivity index (χ2n) is 5.79. The Morgan fingerprint density at radius 2 is 2.09 bits per heavy atom. The number of aliphatic hydroxyl groups excluding tert-OH is 1. The molecule has 2 aromatic rings. The molecule has 0 saturated heterocycles. The van der Waals surface area contributed by atoms with E-state index in [0.29, 0.717) is 18.7 Å². The minimum absolute atomic E-state index is 0.127. The van der Waals surface area contributed by atoms with Gasteiger partial charge < -0.3 is 19.4 Å². The van der Waals surface area contributed by atoms with E-state index < -0.39 is 6.10 Å². The van der Waals surface area contributed by atoms with Crippen LogP contribution in [-0.2, 0) is 6.54 Å². The monoisotopic (exact) mass is 318 g/mol. The fraction of sp³-hybridized carbons (Fsp3) is 0.412. The smallest absolute Gasteiger partial charge is 0.286 e. The Balaban J connectivity index is 1.90. The number of pyridine rings is 1. The molecule has 0 aliphatic carbocycles. The first-order valence-electron chi connectivity index (χ1n) is 7.68. The number of nitrogens with zero attached hydrogens (tertiary/aromatic N) is 1. The number of carbonyl (C=O) groups excluding carboxylic acids is 1. The van der Waals surface area contributed by atoms with Crippen molar-refractivity contribution in [3.63, 3.8) is 0 Å². The highest BCUT2D eigenvalue weighted by Crippen LogP contribution is 2.09. The van der Waals surface area contributed by atoms with Crippen molar-refractivity contribution in [2.24, 2.45) is 5.92 Å². The maximum absolute atomic E-state index is 12.0. The zero-order valence-electron chi connectivity index (χ0n) is 13.4. The summed E-state index contributed by atoms with van der Waals surface area (Å²) >= 11 is 0. The summed E-state index contributed by atoms with van der Waals surface area (Å²) in [7, 11) is 0. The Labute approximate surface area is 134 Å². The molecule has 6 heteroatoms. The second kappa shape index (κ2) is 7.78. The molecule has 2 rings (SSSR count). The third kappa shape index (κ3) is 4.82. The number of aromatic nitrogens is 1.